The molecule has 0 amide bonds. The second kappa shape index (κ2) is 4.87. The zero-order valence-electron chi connectivity index (χ0n) is 7.66. The Morgan fingerprint density at radius 3 is 3.15 bits per heavy atom. The molecule has 0 radical (unpaired) electrons. The van der Waals surface area contributed by atoms with Crippen molar-refractivity contribution in [2.45, 2.75) is 25.4 Å². The predicted octanol–water partition coefficient (Wildman–Crippen LogP) is 0.605. The average Bonchev–Trinajstić information content (AvgIpc) is 2.19. The maximum atomic E-state index is 10.8. The van der Waals surface area contributed by atoms with Crippen LogP contribution < -0.4 is 0 Å². The quantitative estimate of drug-likeness (QED) is 0.656. The summed E-state index contributed by atoms with van der Waals surface area (Å²) in [5, 5.41) is 9.53. The van der Waals surface area contributed by atoms with Crippen molar-refractivity contribution in [3.05, 3.63) is 11.8 Å². The Hall–Kier alpha value is -1.03. The standard InChI is InChI=1S/C9H14O4/c1-12-9(11)5-8(10)7-3-2-4-13-6-7/h6,8,10H,2-5H2,1H3. The van der Waals surface area contributed by atoms with Gasteiger partial charge in [-0.1, -0.05) is 0 Å². The van der Waals surface area contributed by atoms with E-state index in [1.807, 2.05) is 0 Å². The van der Waals surface area contributed by atoms with E-state index in [-0.39, 0.29) is 6.42 Å². The first-order valence-corrected chi connectivity index (χ1v) is 4.29. The monoisotopic (exact) mass is 186 g/mol. The molecular weight excluding hydrogens is 172 g/mol. The van der Waals surface area contributed by atoms with Gasteiger partial charge in [-0.2, -0.15) is 0 Å². The molecule has 0 aromatic heterocycles. The molecule has 0 saturated heterocycles. The van der Waals surface area contributed by atoms with Crippen molar-refractivity contribution in [2.24, 2.45) is 0 Å². The minimum Gasteiger partial charge on any atom is -0.501 e. The SMILES string of the molecule is COC(=O)CC(O)C1=COCCC1. The van der Waals surface area contributed by atoms with Gasteiger partial charge in [0.25, 0.3) is 0 Å². The highest BCUT2D eigenvalue weighted by atomic mass is 16.5. The number of methoxy groups -OCH3 is 1. The van der Waals surface area contributed by atoms with Crippen LogP contribution in [0.15, 0.2) is 11.8 Å². The number of ether oxygens (including phenoxy) is 2. The number of carbonyl (C=O) groups is 1. The zero-order chi connectivity index (χ0) is 9.68. The van der Waals surface area contributed by atoms with E-state index < -0.39 is 12.1 Å². The highest BCUT2D eigenvalue weighted by Crippen LogP contribution is 2.17. The van der Waals surface area contributed by atoms with Crippen molar-refractivity contribution in [3.63, 3.8) is 0 Å². The molecule has 1 atom stereocenters. The Kier molecular flexibility index (Phi) is 3.76. The third-order valence-electron chi connectivity index (χ3n) is 1.98. The number of hydrogen-bond donors (Lipinski definition) is 1. The lowest BCUT2D eigenvalue weighted by Crippen LogP contribution is -2.19. The third kappa shape index (κ3) is 3.06. The number of carbonyl (C=O) groups excluding carboxylic acids is 1. The normalized spacial score (nSPS) is 18.5. The van der Waals surface area contributed by atoms with Crippen LogP contribution in [0.2, 0.25) is 0 Å². The van der Waals surface area contributed by atoms with Gasteiger partial charge in [-0.05, 0) is 18.4 Å². The van der Waals surface area contributed by atoms with Gasteiger partial charge in [-0.15, -0.1) is 0 Å². The molecule has 0 aromatic carbocycles. The largest absolute Gasteiger partial charge is 0.501 e. The maximum absolute atomic E-state index is 10.8. The van der Waals surface area contributed by atoms with E-state index >= 15 is 0 Å². The zero-order valence-corrected chi connectivity index (χ0v) is 7.66. The summed E-state index contributed by atoms with van der Waals surface area (Å²) in [7, 11) is 1.31. The molecule has 1 rings (SSSR count). The fourth-order valence-corrected chi connectivity index (χ4v) is 1.20. The van der Waals surface area contributed by atoms with E-state index in [1.165, 1.54) is 13.4 Å². The molecule has 4 nitrogen and oxygen atoms in total. The molecule has 1 heterocycles. The number of hydrogen-bond acceptors (Lipinski definition) is 4. The van der Waals surface area contributed by atoms with Crippen molar-refractivity contribution >= 4 is 5.97 Å². The molecular formula is C9H14O4. The fraction of sp³-hybridized carbons (Fsp3) is 0.667. The lowest BCUT2D eigenvalue weighted by Gasteiger charge is -2.17. The van der Waals surface area contributed by atoms with E-state index in [9.17, 15) is 9.90 Å². The van der Waals surface area contributed by atoms with E-state index in [4.69, 9.17) is 4.74 Å². The van der Waals surface area contributed by atoms with Gasteiger partial charge in [0.15, 0.2) is 0 Å². The Balaban J connectivity index is 2.41. The Bertz CT molecular complexity index is 210. The molecule has 1 aliphatic heterocycles. The van der Waals surface area contributed by atoms with Crippen LogP contribution >= 0.6 is 0 Å². The van der Waals surface area contributed by atoms with Crippen LogP contribution in [-0.4, -0.2) is 30.9 Å². The van der Waals surface area contributed by atoms with Crippen LogP contribution in [0.1, 0.15) is 19.3 Å². The van der Waals surface area contributed by atoms with Gasteiger partial charge in [-0.25, -0.2) is 0 Å². The first-order valence-electron chi connectivity index (χ1n) is 4.29. The van der Waals surface area contributed by atoms with Crippen LogP contribution in [0.5, 0.6) is 0 Å². The second-order valence-electron chi connectivity index (χ2n) is 2.96. The van der Waals surface area contributed by atoms with Gasteiger partial charge in [0.05, 0.1) is 32.5 Å². The van der Waals surface area contributed by atoms with Crippen LogP contribution in [-0.2, 0) is 14.3 Å². The van der Waals surface area contributed by atoms with E-state index in [1.54, 1.807) is 0 Å². The summed E-state index contributed by atoms with van der Waals surface area (Å²) in [6, 6.07) is 0. The second-order valence-corrected chi connectivity index (χ2v) is 2.96. The summed E-state index contributed by atoms with van der Waals surface area (Å²) in [5.74, 6) is -0.404. The summed E-state index contributed by atoms with van der Waals surface area (Å²) >= 11 is 0. The number of aliphatic hydroxyl groups excluding tert-OH is 1. The van der Waals surface area contributed by atoms with Crippen LogP contribution in [0, 0.1) is 0 Å². The van der Waals surface area contributed by atoms with Gasteiger partial charge >= 0.3 is 5.97 Å². The molecule has 1 unspecified atom stereocenters. The molecule has 13 heavy (non-hydrogen) atoms. The first kappa shape index (κ1) is 10.1. The molecule has 1 aliphatic rings. The summed E-state index contributed by atoms with van der Waals surface area (Å²) in [5.41, 5.74) is 0.775. The van der Waals surface area contributed by atoms with Crippen molar-refractivity contribution in [2.75, 3.05) is 13.7 Å². The summed E-state index contributed by atoms with van der Waals surface area (Å²) < 4.78 is 9.49. The van der Waals surface area contributed by atoms with Crippen LogP contribution in [0.25, 0.3) is 0 Å². The van der Waals surface area contributed by atoms with Gasteiger partial charge in [-0.3, -0.25) is 4.79 Å². The van der Waals surface area contributed by atoms with Crippen LogP contribution in [0.4, 0.5) is 0 Å². The Morgan fingerprint density at radius 2 is 2.62 bits per heavy atom. The molecule has 0 spiro atoms. The lowest BCUT2D eigenvalue weighted by molar-refractivity contribution is -0.142. The minimum absolute atomic E-state index is 0.00565. The molecule has 4 heteroatoms. The fourth-order valence-electron chi connectivity index (χ4n) is 1.20. The third-order valence-corrected chi connectivity index (χ3v) is 1.98. The van der Waals surface area contributed by atoms with E-state index in [0.29, 0.717) is 6.61 Å². The van der Waals surface area contributed by atoms with Gasteiger partial charge in [0, 0.05) is 0 Å². The Labute approximate surface area is 77.1 Å². The molecule has 0 saturated carbocycles. The van der Waals surface area contributed by atoms with Crippen molar-refractivity contribution in [1.29, 1.82) is 0 Å². The van der Waals surface area contributed by atoms with Gasteiger partial charge in [0.2, 0.25) is 0 Å². The van der Waals surface area contributed by atoms with Gasteiger partial charge in [0.1, 0.15) is 0 Å². The number of esters is 1. The van der Waals surface area contributed by atoms with E-state index in [2.05, 4.69) is 4.74 Å². The van der Waals surface area contributed by atoms with Crippen LogP contribution in [0.3, 0.4) is 0 Å². The molecule has 0 aromatic rings. The molecule has 1 N–H and O–H groups in total. The number of rotatable bonds is 3. The number of aliphatic hydroxyl groups is 1. The van der Waals surface area contributed by atoms with Crippen molar-refractivity contribution in [1.82, 2.24) is 0 Å². The van der Waals surface area contributed by atoms with Crippen molar-refractivity contribution < 1.29 is 19.4 Å². The molecule has 0 fully saturated rings. The van der Waals surface area contributed by atoms with E-state index in [0.717, 1.165) is 18.4 Å². The predicted molar refractivity (Wildman–Crippen MR) is 45.9 cm³/mol. The summed E-state index contributed by atoms with van der Waals surface area (Å²) in [6.45, 7) is 0.689. The first-order chi connectivity index (χ1) is 6.24. The minimum atomic E-state index is -0.757. The average molecular weight is 186 g/mol. The lowest BCUT2D eigenvalue weighted by atomic mass is 10.0. The highest BCUT2D eigenvalue weighted by molar-refractivity contribution is 5.70. The Morgan fingerprint density at radius 1 is 1.85 bits per heavy atom. The molecule has 0 bridgehead atoms. The van der Waals surface area contributed by atoms with Gasteiger partial charge < -0.3 is 14.6 Å². The summed E-state index contributed by atoms with van der Waals surface area (Å²) in [4.78, 5) is 10.8. The summed E-state index contributed by atoms with van der Waals surface area (Å²) in [6.07, 6.45) is 2.47. The van der Waals surface area contributed by atoms with Crippen molar-refractivity contribution in [3.8, 4) is 0 Å². The highest BCUT2D eigenvalue weighted by Gasteiger charge is 2.17. The smallest absolute Gasteiger partial charge is 0.308 e. The topological polar surface area (TPSA) is 55.8 Å². The maximum Gasteiger partial charge on any atom is 0.308 e. The molecule has 74 valence electrons. The molecule has 0 aliphatic carbocycles.